The first-order chi connectivity index (χ1) is 14.6. The highest BCUT2D eigenvalue weighted by atomic mass is 16.5. The van der Waals surface area contributed by atoms with Gasteiger partial charge >= 0.3 is 0 Å². The number of carbonyl (C=O) groups excluding carboxylic acids is 1. The number of nitrogens with zero attached hydrogens (tertiary/aromatic N) is 3. The summed E-state index contributed by atoms with van der Waals surface area (Å²) in [6.07, 6.45) is 7.35. The fraction of sp³-hybridized carbons (Fsp3) is 0.565. The van der Waals surface area contributed by atoms with E-state index in [0.717, 1.165) is 50.2 Å². The Hall–Kier alpha value is -2.38. The number of fused-ring (bicyclic) bond motifs is 1. The van der Waals surface area contributed by atoms with Crippen molar-refractivity contribution in [3.63, 3.8) is 0 Å². The van der Waals surface area contributed by atoms with Crippen molar-refractivity contribution in [2.24, 2.45) is 7.05 Å². The molecule has 2 aliphatic heterocycles. The van der Waals surface area contributed by atoms with Crippen LogP contribution in [-0.4, -0.2) is 59.5 Å². The van der Waals surface area contributed by atoms with Gasteiger partial charge in [0.1, 0.15) is 11.4 Å². The summed E-state index contributed by atoms with van der Waals surface area (Å²) in [7, 11) is 3.60. The van der Waals surface area contributed by atoms with Crippen LogP contribution < -0.4 is 10.1 Å². The predicted octanol–water partition coefficient (Wildman–Crippen LogP) is 2.47. The lowest BCUT2D eigenvalue weighted by molar-refractivity contribution is -0.122. The van der Waals surface area contributed by atoms with Crippen molar-refractivity contribution in [3.8, 4) is 5.75 Å². The number of methoxy groups -OCH3 is 1. The minimum Gasteiger partial charge on any atom is -0.487 e. The topological polar surface area (TPSA) is 68.6 Å². The number of aryl methyl sites for hydroxylation is 1. The molecule has 1 aromatic carbocycles. The molecule has 30 heavy (non-hydrogen) atoms. The number of hydrogen-bond acceptors (Lipinski definition) is 5. The lowest BCUT2D eigenvalue weighted by atomic mass is 9.76. The highest BCUT2D eigenvalue weighted by Crippen LogP contribution is 2.46. The van der Waals surface area contributed by atoms with E-state index in [1.807, 2.05) is 36.1 Å². The summed E-state index contributed by atoms with van der Waals surface area (Å²) < 4.78 is 13.5. The standard InChI is InChI=1S/C23H32N4O3/c1-26-16-18(15-25-26)17-27-10-7-23(8-11-27)14-19(13-22(28)24-9-12-29-2)20-5-3-4-6-21(20)30-23/h3-6,15-16,19H,7-14,17H2,1-2H3,(H,24,28)/t19-/m1/s1. The number of hydrogen-bond donors (Lipinski definition) is 1. The van der Waals surface area contributed by atoms with E-state index in [9.17, 15) is 4.79 Å². The van der Waals surface area contributed by atoms with Crippen LogP contribution in [0.4, 0.5) is 0 Å². The largest absolute Gasteiger partial charge is 0.487 e. The molecule has 0 bridgehead atoms. The van der Waals surface area contributed by atoms with E-state index >= 15 is 0 Å². The van der Waals surface area contributed by atoms with Crippen LogP contribution in [0.2, 0.25) is 0 Å². The van der Waals surface area contributed by atoms with Crippen LogP contribution in [0.3, 0.4) is 0 Å². The number of para-hydroxylation sites is 1. The number of aromatic nitrogens is 2. The molecular formula is C23H32N4O3. The quantitative estimate of drug-likeness (QED) is 0.708. The maximum atomic E-state index is 12.5. The van der Waals surface area contributed by atoms with Crippen LogP contribution in [0, 0.1) is 0 Å². The minimum absolute atomic E-state index is 0.0814. The summed E-state index contributed by atoms with van der Waals surface area (Å²) in [6.45, 7) is 3.99. The third-order valence-electron chi connectivity index (χ3n) is 6.30. The minimum atomic E-state index is -0.183. The number of likely N-dealkylation sites (tertiary alicyclic amines) is 1. The van der Waals surface area contributed by atoms with Crippen molar-refractivity contribution < 1.29 is 14.3 Å². The van der Waals surface area contributed by atoms with E-state index in [0.29, 0.717) is 19.6 Å². The van der Waals surface area contributed by atoms with Gasteiger partial charge in [-0.05, 0) is 30.9 Å². The molecule has 1 atom stereocenters. The van der Waals surface area contributed by atoms with E-state index in [1.54, 1.807) is 7.11 Å². The van der Waals surface area contributed by atoms with Crippen LogP contribution in [0.1, 0.15) is 42.7 Å². The van der Waals surface area contributed by atoms with Gasteiger partial charge in [0.25, 0.3) is 0 Å². The van der Waals surface area contributed by atoms with E-state index in [-0.39, 0.29) is 17.4 Å². The number of nitrogens with one attached hydrogen (secondary N) is 1. The average molecular weight is 413 g/mol. The first kappa shape index (κ1) is 20.9. The summed E-state index contributed by atoms with van der Waals surface area (Å²) >= 11 is 0. The summed E-state index contributed by atoms with van der Waals surface area (Å²) in [5, 5.41) is 7.24. The Morgan fingerprint density at radius 1 is 1.33 bits per heavy atom. The first-order valence-corrected chi connectivity index (χ1v) is 10.8. The van der Waals surface area contributed by atoms with E-state index in [4.69, 9.17) is 9.47 Å². The maximum Gasteiger partial charge on any atom is 0.220 e. The van der Waals surface area contributed by atoms with Crippen molar-refractivity contribution in [1.82, 2.24) is 20.0 Å². The molecule has 162 valence electrons. The zero-order valence-electron chi connectivity index (χ0n) is 18.0. The molecule has 3 heterocycles. The smallest absolute Gasteiger partial charge is 0.220 e. The molecule has 4 rings (SSSR count). The van der Waals surface area contributed by atoms with Crippen molar-refractivity contribution in [3.05, 3.63) is 47.8 Å². The van der Waals surface area contributed by atoms with Crippen molar-refractivity contribution in [1.29, 1.82) is 0 Å². The molecule has 1 N–H and O–H groups in total. The number of amides is 1. The van der Waals surface area contributed by atoms with Crippen LogP contribution >= 0.6 is 0 Å². The maximum absolute atomic E-state index is 12.5. The monoisotopic (exact) mass is 412 g/mol. The molecule has 1 spiro atoms. The fourth-order valence-electron chi connectivity index (χ4n) is 4.75. The Balaban J connectivity index is 1.41. The highest BCUT2D eigenvalue weighted by molar-refractivity contribution is 5.77. The lowest BCUT2D eigenvalue weighted by Crippen LogP contribution is -2.50. The van der Waals surface area contributed by atoms with E-state index < -0.39 is 0 Å². The van der Waals surface area contributed by atoms with Crippen LogP contribution in [0.25, 0.3) is 0 Å². The van der Waals surface area contributed by atoms with Gasteiger partial charge in [0.05, 0.1) is 12.8 Å². The van der Waals surface area contributed by atoms with Crippen molar-refractivity contribution >= 4 is 5.91 Å². The second-order valence-electron chi connectivity index (χ2n) is 8.57. The predicted molar refractivity (Wildman–Crippen MR) is 114 cm³/mol. The van der Waals surface area contributed by atoms with Crippen molar-refractivity contribution in [2.75, 3.05) is 33.4 Å². The van der Waals surface area contributed by atoms with Gasteiger partial charge in [0, 0.05) is 64.4 Å². The molecule has 1 fully saturated rings. The number of piperidine rings is 1. The van der Waals surface area contributed by atoms with E-state index in [1.165, 1.54) is 5.56 Å². The molecule has 0 saturated carbocycles. The van der Waals surface area contributed by atoms with Gasteiger partial charge in [-0.15, -0.1) is 0 Å². The third kappa shape index (κ3) is 4.84. The van der Waals surface area contributed by atoms with Crippen LogP contribution in [-0.2, 0) is 23.1 Å². The fourth-order valence-corrected chi connectivity index (χ4v) is 4.75. The summed E-state index contributed by atoms with van der Waals surface area (Å²) in [4.78, 5) is 15.0. The third-order valence-corrected chi connectivity index (χ3v) is 6.30. The molecule has 2 aromatic rings. The van der Waals surface area contributed by atoms with Gasteiger partial charge in [-0.25, -0.2) is 0 Å². The number of carbonyl (C=O) groups is 1. The van der Waals surface area contributed by atoms with Crippen molar-refractivity contribution in [2.45, 2.75) is 43.7 Å². The number of rotatable bonds is 7. The van der Waals surface area contributed by atoms with Gasteiger partial charge in [-0.2, -0.15) is 5.10 Å². The van der Waals surface area contributed by atoms with Crippen LogP contribution in [0.15, 0.2) is 36.7 Å². The Bertz CT molecular complexity index is 858. The lowest BCUT2D eigenvalue weighted by Gasteiger charge is -2.47. The van der Waals surface area contributed by atoms with Crippen LogP contribution in [0.5, 0.6) is 5.75 Å². The Labute approximate surface area is 178 Å². The molecule has 0 radical (unpaired) electrons. The van der Waals surface area contributed by atoms with Gasteiger partial charge < -0.3 is 14.8 Å². The Morgan fingerprint density at radius 3 is 2.87 bits per heavy atom. The molecular weight excluding hydrogens is 380 g/mol. The molecule has 2 aliphatic rings. The summed E-state index contributed by atoms with van der Waals surface area (Å²) in [5.41, 5.74) is 2.22. The second-order valence-corrected chi connectivity index (χ2v) is 8.57. The summed E-state index contributed by atoms with van der Waals surface area (Å²) in [5.74, 6) is 1.21. The van der Waals surface area contributed by atoms with Gasteiger partial charge in [0.15, 0.2) is 0 Å². The summed E-state index contributed by atoms with van der Waals surface area (Å²) in [6, 6.07) is 8.21. The molecule has 1 aromatic heterocycles. The normalized spacial score (nSPS) is 20.5. The molecule has 7 nitrogen and oxygen atoms in total. The average Bonchev–Trinajstić information content (AvgIpc) is 3.15. The molecule has 1 amide bonds. The number of benzene rings is 1. The molecule has 0 aliphatic carbocycles. The zero-order valence-corrected chi connectivity index (χ0v) is 18.0. The SMILES string of the molecule is COCCNC(=O)C[C@@H]1CC2(CCN(Cc3cnn(C)c3)CC2)Oc2ccccc21. The number of ether oxygens (including phenoxy) is 2. The first-order valence-electron chi connectivity index (χ1n) is 10.8. The highest BCUT2D eigenvalue weighted by Gasteiger charge is 2.43. The van der Waals surface area contributed by atoms with Gasteiger partial charge in [0.2, 0.25) is 5.91 Å². The van der Waals surface area contributed by atoms with E-state index in [2.05, 4.69) is 27.6 Å². The van der Waals surface area contributed by atoms with Gasteiger partial charge in [-0.1, -0.05) is 18.2 Å². The second kappa shape index (κ2) is 9.18. The molecule has 0 unspecified atom stereocenters. The Kier molecular flexibility index (Phi) is 6.39. The molecule has 1 saturated heterocycles. The Morgan fingerprint density at radius 2 is 2.13 bits per heavy atom. The zero-order chi connectivity index (χ0) is 21.0. The van der Waals surface area contributed by atoms with Gasteiger partial charge in [-0.3, -0.25) is 14.4 Å². The molecule has 7 heteroatoms.